The summed E-state index contributed by atoms with van der Waals surface area (Å²) in [4.78, 5) is 0. The SMILES string of the molecule is Brc1cccc(-c2cc(-c3ccc4c(c3)c3ccccc3n4-c3ccccc3)cc(-c3ccc4c(c3)c3cc(-c5cccc6c5C=CCC6)ccc3n4-c3ccccc3)c2)c1. The van der Waals surface area contributed by atoms with Crippen LogP contribution in [0.1, 0.15) is 17.5 Å². The first kappa shape index (κ1) is 35.7. The second kappa shape index (κ2) is 14.5. The zero-order chi connectivity index (χ0) is 40.4. The van der Waals surface area contributed by atoms with Gasteiger partial charge in [0.1, 0.15) is 0 Å². The van der Waals surface area contributed by atoms with Crippen LogP contribution in [0.25, 0.3) is 106 Å². The second-order valence-electron chi connectivity index (χ2n) is 16.2. The summed E-state index contributed by atoms with van der Waals surface area (Å²) in [5, 5.41) is 4.98. The second-order valence-corrected chi connectivity index (χ2v) is 17.1. The van der Waals surface area contributed by atoms with Crippen molar-refractivity contribution in [2.24, 2.45) is 0 Å². The summed E-state index contributed by atoms with van der Waals surface area (Å²) in [5.74, 6) is 0. The number of nitrogens with zero attached hydrogens (tertiary/aromatic N) is 2. The van der Waals surface area contributed by atoms with E-state index in [0.29, 0.717) is 0 Å². The minimum Gasteiger partial charge on any atom is -0.309 e. The summed E-state index contributed by atoms with van der Waals surface area (Å²) in [7, 11) is 0. The van der Waals surface area contributed by atoms with Gasteiger partial charge in [-0.25, -0.2) is 0 Å². The lowest BCUT2D eigenvalue weighted by molar-refractivity contribution is 0.986. The van der Waals surface area contributed by atoms with Crippen molar-refractivity contribution in [2.75, 3.05) is 0 Å². The minimum absolute atomic E-state index is 1.06. The number of aryl methyl sites for hydroxylation is 1. The highest BCUT2D eigenvalue weighted by Crippen LogP contribution is 2.42. The third-order valence-electron chi connectivity index (χ3n) is 12.6. The predicted molar refractivity (Wildman–Crippen MR) is 262 cm³/mol. The largest absolute Gasteiger partial charge is 0.309 e. The summed E-state index contributed by atoms with van der Waals surface area (Å²) in [5.41, 5.74) is 19.5. The topological polar surface area (TPSA) is 9.86 Å². The maximum absolute atomic E-state index is 3.76. The van der Waals surface area contributed by atoms with Gasteiger partial charge in [-0.1, -0.05) is 131 Å². The zero-order valence-corrected chi connectivity index (χ0v) is 35.0. The number of para-hydroxylation sites is 3. The van der Waals surface area contributed by atoms with Gasteiger partial charge in [-0.2, -0.15) is 0 Å². The van der Waals surface area contributed by atoms with Crippen molar-refractivity contribution in [1.82, 2.24) is 9.13 Å². The summed E-state index contributed by atoms with van der Waals surface area (Å²) < 4.78 is 5.87. The molecule has 12 rings (SSSR count). The average Bonchev–Trinajstić information content (AvgIpc) is 3.83. The molecule has 288 valence electrons. The fourth-order valence-corrected chi connectivity index (χ4v) is 10.1. The van der Waals surface area contributed by atoms with Gasteiger partial charge in [0.05, 0.1) is 22.1 Å². The van der Waals surface area contributed by atoms with E-state index in [0.717, 1.165) is 28.7 Å². The molecule has 0 N–H and O–H groups in total. The van der Waals surface area contributed by atoms with Crippen LogP contribution >= 0.6 is 15.9 Å². The lowest BCUT2D eigenvalue weighted by atomic mass is 9.89. The Kier molecular flexibility index (Phi) is 8.50. The van der Waals surface area contributed by atoms with Crippen LogP contribution in [0.5, 0.6) is 0 Å². The van der Waals surface area contributed by atoms with Crippen molar-refractivity contribution in [2.45, 2.75) is 12.8 Å². The lowest BCUT2D eigenvalue weighted by Crippen LogP contribution is -1.96. The highest BCUT2D eigenvalue weighted by atomic mass is 79.9. The monoisotopic (exact) mass is 842 g/mol. The van der Waals surface area contributed by atoms with Gasteiger partial charge in [0.15, 0.2) is 0 Å². The number of aromatic nitrogens is 2. The van der Waals surface area contributed by atoms with Gasteiger partial charge in [0.25, 0.3) is 0 Å². The van der Waals surface area contributed by atoms with E-state index < -0.39 is 0 Å². The molecule has 0 atom stereocenters. The maximum atomic E-state index is 3.76. The fourth-order valence-electron chi connectivity index (χ4n) is 9.75. The van der Waals surface area contributed by atoms with E-state index in [1.54, 1.807) is 0 Å². The van der Waals surface area contributed by atoms with Crippen LogP contribution in [-0.4, -0.2) is 9.13 Å². The molecule has 0 saturated carbocycles. The van der Waals surface area contributed by atoms with Crippen molar-refractivity contribution in [3.05, 3.63) is 222 Å². The zero-order valence-electron chi connectivity index (χ0n) is 33.4. The molecule has 1 aliphatic carbocycles. The van der Waals surface area contributed by atoms with E-state index in [4.69, 9.17) is 0 Å². The Balaban J connectivity index is 1.07. The van der Waals surface area contributed by atoms with Gasteiger partial charge in [-0.15, -0.1) is 0 Å². The third kappa shape index (κ3) is 6.07. The molecule has 0 amide bonds. The number of rotatable bonds is 6. The summed E-state index contributed by atoms with van der Waals surface area (Å²) >= 11 is 3.76. The predicted octanol–water partition coefficient (Wildman–Crippen LogP) is 16.3. The molecule has 3 heteroatoms. The first-order chi connectivity index (χ1) is 30.1. The number of allylic oxidation sites excluding steroid dienone is 1. The van der Waals surface area contributed by atoms with Gasteiger partial charge >= 0.3 is 0 Å². The molecule has 0 saturated heterocycles. The van der Waals surface area contributed by atoms with E-state index in [1.165, 1.54) is 99.2 Å². The van der Waals surface area contributed by atoms with Gasteiger partial charge < -0.3 is 9.13 Å². The van der Waals surface area contributed by atoms with E-state index in [9.17, 15) is 0 Å². The Hall–Kier alpha value is -7.20. The first-order valence-electron chi connectivity index (χ1n) is 21.1. The maximum Gasteiger partial charge on any atom is 0.0541 e. The first-order valence-corrected chi connectivity index (χ1v) is 21.9. The fraction of sp³-hybridized carbons (Fsp3) is 0.0345. The van der Waals surface area contributed by atoms with Crippen molar-refractivity contribution < 1.29 is 0 Å². The molecule has 0 radical (unpaired) electrons. The van der Waals surface area contributed by atoms with Crippen molar-refractivity contribution >= 4 is 65.6 Å². The number of benzene rings is 9. The molecule has 1 aliphatic rings. The van der Waals surface area contributed by atoms with E-state index in [-0.39, 0.29) is 0 Å². The van der Waals surface area contributed by atoms with Crippen LogP contribution in [0, 0.1) is 0 Å². The molecular weight excluding hydrogens is 805 g/mol. The Morgan fingerprint density at radius 2 is 0.869 bits per heavy atom. The normalized spacial score (nSPS) is 12.5. The van der Waals surface area contributed by atoms with E-state index in [1.807, 2.05) is 0 Å². The summed E-state index contributed by atoms with van der Waals surface area (Å²) in [6.07, 6.45) is 6.82. The molecule has 2 aromatic heterocycles. The van der Waals surface area contributed by atoms with Gasteiger partial charge in [-0.3, -0.25) is 0 Å². The smallest absolute Gasteiger partial charge is 0.0541 e. The molecule has 0 fully saturated rings. The number of halogens is 1. The molecule has 11 aromatic rings. The van der Waals surface area contributed by atoms with E-state index >= 15 is 0 Å². The van der Waals surface area contributed by atoms with Crippen molar-refractivity contribution in [3.8, 4) is 55.9 Å². The van der Waals surface area contributed by atoms with Crippen LogP contribution < -0.4 is 0 Å². The molecule has 2 heterocycles. The summed E-state index contributed by atoms with van der Waals surface area (Å²) in [6, 6.07) is 73.8. The molecule has 0 spiro atoms. The van der Waals surface area contributed by atoms with Crippen LogP contribution in [0.3, 0.4) is 0 Å². The Bertz CT molecular complexity index is 3530. The lowest BCUT2D eigenvalue weighted by Gasteiger charge is -2.15. The highest BCUT2D eigenvalue weighted by molar-refractivity contribution is 9.10. The van der Waals surface area contributed by atoms with Crippen LogP contribution in [-0.2, 0) is 6.42 Å². The third-order valence-corrected chi connectivity index (χ3v) is 13.1. The molecule has 2 nitrogen and oxygen atoms in total. The molecule has 9 aromatic carbocycles. The van der Waals surface area contributed by atoms with Crippen LogP contribution in [0.4, 0.5) is 0 Å². The Morgan fingerprint density at radius 1 is 0.361 bits per heavy atom. The van der Waals surface area contributed by atoms with Gasteiger partial charge in [0, 0.05) is 37.4 Å². The molecular formula is C58H39BrN2. The molecule has 0 aliphatic heterocycles. The Labute approximate surface area is 363 Å². The number of fused-ring (bicyclic) bond motifs is 7. The van der Waals surface area contributed by atoms with Crippen molar-refractivity contribution in [3.63, 3.8) is 0 Å². The molecule has 0 unspecified atom stereocenters. The van der Waals surface area contributed by atoms with Gasteiger partial charge in [0.2, 0.25) is 0 Å². The Morgan fingerprint density at radius 3 is 1.49 bits per heavy atom. The summed E-state index contributed by atoms with van der Waals surface area (Å²) in [6.45, 7) is 0. The molecule has 61 heavy (non-hydrogen) atoms. The number of hydrogen-bond acceptors (Lipinski definition) is 0. The van der Waals surface area contributed by atoms with Crippen molar-refractivity contribution in [1.29, 1.82) is 0 Å². The highest BCUT2D eigenvalue weighted by Gasteiger charge is 2.19. The average molecular weight is 844 g/mol. The van der Waals surface area contributed by atoms with Crippen LogP contribution in [0.2, 0.25) is 0 Å². The van der Waals surface area contributed by atoms with Gasteiger partial charge in [-0.05, 0) is 166 Å². The number of hydrogen-bond donors (Lipinski definition) is 0. The van der Waals surface area contributed by atoms with Crippen LogP contribution in [0.15, 0.2) is 211 Å². The quantitative estimate of drug-likeness (QED) is 0.158. The standard InChI is InChI=1S/C58H39BrN2/c59-46-16-11-15-39(34-46)43-31-44(40-25-28-56-52(35-40)51-22-9-10-24-55(51)60(56)47-17-3-1-4-18-47)33-45(32-43)41-26-29-57-53(36-41)54-37-42(50-23-12-14-38-13-7-8-21-49(38)50)27-30-58(54)61(57)48-19-5-2-6-20-48/h1-6,8-12,14-37H,7,13H2. The molecule has 0 bridgehead atoms. The minimum atomic E-state index is 1.06. The van der Waals surface area contributed by atoms with E-state index in [2.05, 4.69) is 237 Å².